The van der Waals surface area contributed by atoms with E-state index in [1.165, 1.54) is 82.0 Å². The summed E-state index contributed by atoms with van der Waals surface area (Å²) in [5.41, 5.74) is 8.64. The van der Waals surface area contributed by atoms with Crippen LogP contribution in [0.3, 0.4) is 0 Å². The normalized spacial score (nSPS) is 12.0. The molecule has 2 nitrogen and oxygen atoms in total. The summed E-state index contributed by atoms with van der Waals surface area (Å²) in [7, 11) is 2.15. The van der Waals surface area contributed by atoms with Crippen LogP contribution in [0.1, 0.15) is 0 Å². The van der Waals surface area contributed by atoms with Gasteiger partial charge in [0.1, 0.15) is 0 Å². The second-order valence-electron chi connectivity index (χ2n) is 11.1. The van der Waals surface area contributed by atoms with Gasteiger partial charge in [-0.05, 0) is 81.2 Å². The third kappa shape index (κ3) is 3.19. The van der Waals surface area contributed by atoms with E-state index in [9.17, 15) is 0 Å². The van der Waals surface area contributed by atoms with Crippen LogP contribution in [-0.2, 0) is 7.05 Å². The molecule has 41 heavy (non-hydrogen) atoms. The Kier molecular flexibility index (Phi) is 4.57. The van der Waals surface area contributed by atoms with Gasteiger partial charge < -0.3 is 9.13 Å². The number of fused-ring (bicyclic) bond motifs is 9. The Balaban J connectivity index is 1.26. The van der Waals surface area contributed by atoms with Crippen LogP contribution in [-0.4, -0.2) is 9.13 Å². The maximum atomic E-state index is 2.41. The number of aromatic nitrogens is 2. The van der Waals surface area contributed by atoms with E-state index in [1.807, 2.05) is 0 Å². The molecule has 0 N–H and O–H groups in total. The lowest BCUT2D eigenvalue weighted by molar-refractivity contribution is 1.01. The van der Waals surface area contributed by atoms with E-state index in [1.54, 1.807) is 0 Å². The second-order valence-corrected chi connectivity index (χ2v) is 11.1. The number of nitrogens with zero attached hydrogens (tertiary/aromatic N) is 2. The van der Waals surface area contributed by atoms with Crippen LogP contribution in [0.25, 0.3) is 82.0 Å². The number of benzene rings is 7. The first-order chi connectivity index (χ1) is 20.2. The lowest BCUT2D eigenvalue weighted by Crippen LogP contribution is -1.94. The minimum Gasteiger partial charge on any atom is -0.344 e. The summed E-state index contributed by atoms with van der Waals surface area (Å²) in [5, 5.41) is 10.3. The van der Waals surface area contributed by atoms with E-state index < -0.39 is 0 Å². The summed E-state index contributed by atoms with van der Waals surface area (Å²) in [4.78, 5) is 0. The van der Waals surface area contributed by atoms with Gasteiger partial charge in [0.15, 0.2) is 0 Å². The molecule has 2 heteroatoms. The summed E-state index contributed by atoms with van der Waals surface area (Å²) < 4.78 is 4.70. The molecule has 0 spiro atoms. The molecule has 0 saturated heterocycles. The molecule has 0 unspecified atom stereocenters. The molecule has 2 aromatic heterocycles. The van der Waals surface area contributed by atoms with Crippen LogP contribution in [0, 0.1) is 0 Å². The molecule has 0 amide bonds. The molecule has 0 aliphatic heterocycles. The highest BCUT2D eigenvalue weighted by Crippen LogP contribution is 2.38. The van der Waals surface area contributed by atoms with Gasteiger partial charge in [0, 0.05) is 45.3 Å². The molecular weight excluding hydrogens is 496 g/mol. The van der Waals surface area contributed by atoms with Crippen molar-refractivity contribution in [2.45, 2.75) is 0 Å². The molecule has 0 saturated carbocycles. The Labute approximate surface area is 237 Å². The first-order valence-corrected chi connectivity index (χ1v) is 14.2. The molecule has 0 aliphatic rings. The van der Waals surface area contributed by atoms with Crippen molar-refractivity contribution in [2.75, 3.05) is 0 Å². The SMILES string of the molecule is Cn1c2ccccc2c2cc(-c3ccc4c(c3)c3ccccc3n4-c3ccc4c(ccc5ccccc54)c3)ccc21. The molecule has 7 aromatic carbocycles. The molecule has 2 heterocycles. The number of hydrogen-bond donors (Lipinski definition) is 0. The van der Waals surface area contributed by atoms with Crippen LogP contribution in [0.5, 0.6) is 0 Å². The zero-order valence-corrected chi connectivity index (χ0v) is 22.7. The summed E-state index contributed by atoms with van der Waals surface area (Å²) in [6.07, 6.45) is 0. The van der Waals surface area contributed by atoms with Crippen LogP contribution >= 0.6 is 0 Å². The summed E-state index contributed by atoms with van der Waals surface area (Å²) in [6.45, 7) is 0. The van der Waals surface area contributed by atoms with Crippen molar-refractivity contribution < 1.29 is 0 Å². The number of rotatable bonds is 2. The zero-order valence-electron chi connectivity index (χ0n) is 22.7. The zero-order chi connectivity index (χ0) is 27.1. The maximum Gasteiger partial charge on any atom is 0.0541 e. The Morgan fingerprint density at radius 2 is 0.902 bits per heavy atom. The van der Waals surface area contributed by atoms with Crippen LogP contribution in [0.4, 0.5) is 0 Å². The highest BCUT2D eigenvalue weighted by Gasteiger charge is 2.15. The van der Waals surface area contributed by atoms with Gasteiger partial charge in [-0.15, -0.1) is 0 Å². The van der Waals surface area contributed by atoms with Gasteiger partial charge in [0.25, 0.3) is 0 Å². The monoisotopic (exact) mass is 522 g/mol. The predicted molar refractivity (Wildman–Crippen MR) is 175 cm³/mol. The van der Waals surface area contributed by atoms with Gasteiger partial charge in [-0.2, -0.15) is 0 Å². The van der Waals surface area contributed by atoms with Crippen molar-refractivity contribution in [3.63, 3.8) is 0 Å². The lowest BCUT2D eigenvalue weighted by Gasteiger charge is -2.11. The second kappa shape index (κ2) is 8.33. The fourth-order valence-corrected chi connectivity index (χ4v) is 6.92. The molecule has 0 aliphatic carbocycles. The molecular formula is C39H26N2. The Hall–Kier alpha value is -5.34. The quantitative estimate of drug-likeness (QED) is 0.200. The number of hydrogen-bond acceptors (Lipinski definition) is 0. The van der Waals surface area contributed by atoms with Crippen LogP contribution < -0.4 is 0 Å². The average molecular weight is 523 g/mol. The Morgan fingerprint density at radius 3 is 1.71 bits per heavy atom. The third-order valence-electron chi connectivity index (χ3n) is 8.91. The Morgan fingerprint density at radius 1 is 0.366 bits per heavy atom. The van der Waals surface area contributed by atoms with Crippen molar-refractivity contribution in [3.8, 4) is 16.8 Å². The first-order valence-electron chi connectivity index (χ1n) is 14.2. The topological polar surface area (TPSA) is 9.86 Å². The van der Waals surface area contributed by atoms with E-state index in [0.29, 0.717) is 0 Å². The van der Waals surface area contributed by atoms with E-state index in [4.69, 9.17) is 0 Å². The minimum absolute atomic E-state index is 1.18. The van der Waals surface area contributed by atoms with Gasteiger partial charge in [-0.1, -0.05) is 91.0 Å². The molecule has 0 atom stereocenters. The standard InChI is InChI=1S/C39H26N2/c1-40-36-12-6-4-10-32(36)34-23-26(16-20-37(34)40)27-17-21-39-35(24-27)33-11-5-7-13-38(33)41(39)29-18-19-31-28(22-29)15-14-25-8-2-3-9-30(25)31/h2-24H,1H3. The van der Waals surface area contributed by atoms with E-state index in [-0.39, 0.29) is 0 Å². The van der Waals surface area contributed by atoms with Crippen molar-refractivity contribution in [3.05, 3.63) is 140 Å². The minimum atomic E-state index is 1.18. The Bertz CT molecular complexity index is 2490. The van der Waals surface area contributed by atoms with Gasteiger partial charge in [0.2, 0.25) is 0 Å². The van der Waals surface area contributed by atoms with Crippen molar-refractivity contribution in [1.29, 1.82) is 0 Å². The molecule has 0 radical (unpaired) electrons. The highest BCUT2D eigenvalue weighted by atomic mass is 15.0. The largest absolute Gasteiger partial charge is 0.344 e. The lowest BCUT2D eigenvalue weighted by atomic mass is 10.0. The summed E-state index contributed by atoms with van der Waals surface area (Å²) in [5.74, 6) is 0. The molecule has 192 valence electrons. The molecule has 0 bridgehead atoms. The predicted octanol–water partition coefficient (Wildman–Crippen LogP) is 10.4. The van der Waals surface area contributed by atoms with Gasteiger partial charge in [-0.3, -0.25) is 0 Å². The molecule has 9 aromatic rings. The smallest absolute Gasteiger partial charge is 0.0541 e. The fraction of sp³-hybridized carbons (Fsp3) is 0.0256. The number of aryl methyl sites for hydroxylation is 1. The van der Waals surface area contributed by atoms with Crippen molar-refractivity contribution in [2.24, 2.45) is 7.05 Å². The van der Waals surface area contributed by atoms with Gasteiger partial charge in [-0.25, -0.2) is 0 Å². The van der Waals surface area contributed by atoms with E-state index >= 15 is 0 Å². The van der Waals surface area contributed by atoms with Crippen LogP contribution in [0.2, 0.25) is 0 Å². The third-order valence-corrected chi connectivity index (χ3v) is 8.91. The van der Waals surface area contributed by atoms with Gasteiger partial charge in [0.05, 0.1) is 11.0 Å². The molecule has 9 rings (SSSR count). The number of para-hydroxylation sites is 2. The maximum absolute atomic E-state index is 2.41. The van der Waals surface area contributed by atoms with Crippen molar-refractivity contribution in [1.82, 2.24) is 9.13 Å². The van der Waals surface area contributed by atoms with Crippen molar-refractivity contribution >= 4 is 65.2 Å². The highest BCUT2D eigenvalue weighted by molar-refractivity contribution is 6.13. The summed E-state index contributed by atoms with van der Waals surface area (Å²) >= 11 is 0. The fourth-order valence-electron chi connectivity index (χ4n) is 6.92. The van der Waals surface area contributed by atoms with E-state index in [2.05, 4.69) is 156 Å². The van der Waals surface area contributed by atoms with Gasteiger partial charge >= 0.3 is 0 Å². The van der Waals surface area contributed by atoms with Crippen LogP contribution in [0.15, 0.2) is 140 Å². The average Bonchev–Trinajstić information content (AvgIpc) is 3.52. The molecule has 0 fully saturated rings. The first kappa shape index (κ1) is 22.5. The summed E-state index contributed by atoms with van der Waals surface area (Å²) in [6, 6.07) is 51.2. The van der Waals surface area contributed by atoms with E-state index in [0.717, 1.165) is 0 Å².